The summed E-state index contributed by atoms with van der Waals surface area (Å²) in [4.78, 5) is 5.14. The van der Waals surface area contributed by atoms with Crippen molar-refractivity contribution in [3.8, 4) is 0 Å². The first-order valence-electron chi connectivity index (χ1n) is 7.00. The fourth-order valence-corrected chi connectivity index (χ4v) is 3.20. The largest absolute Gasteiger partial charge is 0.326 e. The summed E-state index contributed by atoms with van der Waals surface area (Å²) >= 11 is 0. The first kappa shape index (κ1) is 12.2. The van der Waals surface area contributed by atoms with Gasteiger partial charge in [0, 0.05) is 44.8 Å². The lowest BCUT2D eigenvalue weighted by Crippen LogP contribution is -2.66. The topological polar surface area (TPSA) is 32.5 Å². The molecule has 3 aliphatic heterocycles. The molecule has 0 amide bonds. The predicted molar refractivity (Wildman–Crippen MR) is 74.7 cm³/mol. The van der Waals surface area contributed by atoms with Gasteiger partial charge in [-0.3, -0.25) is 9.80 Å². The van der Waals surface area contributed by atoms with E-state index < -0.39 is 0 Å². The third kappa shape index (κ3) is 2.44. The van der Waals surface area contributed by atoms with Crippen molar-refractivity contribution < 1.29 is 0 Å². The number of rotatable bonds is 3. The Kier molecular flexibility index (Phi) is 3.37. The average Bonchev–Trinajstić information content (AvgIpc) is 2.42. The summed E-state index contributed by atoms with van der Waals surface area (Å²) in [6.07, 6.45) is 0.995. The molecular weight excluding hydrogens is 222 g/mol. The van der Waals surface area contributed by atoms with E-state index in [9.17, 15) is 0 Å². The van der Waals surface area contributed by atoms with Crippen LogP contribution in [0.4, 0.5) is 0 Å². The maximum Gasteiger partial charge on any atom is 0.0378 e. The molecule has 0 spiro atoms. The molecule has 2 atom stereocenters. The second kappa shape index (κ2) is 5.00. The molecule has 0 radical (unpaired) electrons. The van der Waals surface area contributed by atoms with Crippen LogP contribution in [0.3, 0.4) is 0 Å². The average molecular weight is 245 g/mol. The van der Waals surface area contributed by atoms with Crippen molar-refractivity contribution in [3.05, 3.63) is 35.4 Å². The molecule has 2 unspecified atom stereocenters. The van der Waals surface area contributed by atoms with Gasteiger partial charge in [0.15, 0.2) is 0 Å². The third-order valence-electron chi connectivity index (χ3n) is 4.41. The number of hydrogen-bond acceptors (Lipinski definition) is 3. The Labute approximate surface area is 110 Å². The van der Waals surface area contributed by atoms with Crippen molar-refractivity contribution in [1.29, 1.82) is 0 Å². The number of nitrogens with two attached hydrogens (primary N) is 1. The Morgan fingerprint density at radius 2 is 1.83 bits per heavy atom. The van der Waals surface area contributed by atoms with Gasteiger partial charge in [-0.05, 0) is 18.9 Å². The van der Waals surface area contributed by atoms with Crippen LogP contribution in [0.2, 0.25) is 0 Å². The van der Waals surface area contributed by atoms with E-state index in [-0.39, 0.29) is 6.04 Å². The Balaban J connectivity index is 1.64. The van der Waals surface area contributed by atoms with E-state index in [1.807, 2.05) is 0 Å². The fraction of sp³-hybridized carbons (Fsp3) is 0.600. The molecule has 1 aromatic carbocycles. The molecule has 1 aromatic rings. The quantitative estimate of drug-likeness (QED) is 0.857. The summed E-state index contributed by atoms with van der Waals surface area (Å²) < 4.78 is 0. The van der Waals surface area contributed by atoms with Crippen LogP contribution in [-0.2, 0) is 6.42 Å². The second-order valence-electron chi connectivity index (χ2n) is 5.76. The molecule has 2 N–H and O–H groups in total. The molecule has 0 aromatic heterocycles. The van der Waals surface area contributed by atoms with E-state index in [1.165, 1.54) is 37.3 Å². The molecule has 0 saturated carbocycles. The number of piperazine rings is 3. The zero-order valence-electron chi connectivity index (χ0n) is 11.2. The van der Waals surface area contributed by atoms with Crippen molar-refractivity contribution >= 4 is 0 Å². The minimum atomic E-state index is 0.260. The Morgan fingerprint density at radius 1 is 1.17 bits per heavy atom. The smallest absolute Gasteiger partial charge is 0.0378 e. The Morgan fingerprint density at radius 3 is 2.39 bits per heavy atom. The molecule has 98 valence electrons. The summed E-state index contributed by atoms with van der Waals surface area (Å²) in [6, 6.07) is 9.60. The number of hydrogen-bond donors (Lipinski definition) is 1. The highest BCUT2D eigenvalue weighted by molar-refractivity contribution is 5.22. The molecule has 3 fully saturated rings. The monoisotopic (exact) mass is 245 g/mol. The van der Waals surface area contributed by atoms with Gasteiger partial charge in [-0.2, -0.15) is 0 Å². The zero-order chi connectivity index (χ0) is 12.5. The van der Waals surface area contributed by atoms with Crippen LogP contribution in [0.25, 0.3) is 0 Å². The summed E-state index contributed by atoms with van der Waals surface area (Å²) in [5.41, 5.74) is 9.12. The van der Waals surface area contributed by atoms with Crippen LogP contribution >= 0.6 is 0 Å². The van der Waals surface area contributed by atoms with E-state index in [0.717, 1.165) is 13.0 Å². The summed E-state index contributed by atoms with van der Waals surface area (Å²) in [6.45, 7) is 8.15. The minimum Gasteiger partial charge on any atom is -0.326 e. The lowest BCUT2D eigenvalue weighted by atomic mass is 9.95. The highest BCUT2D eigenvalue weighted by Crippen LogP contribution is 2.19. The molecule has 3 nitrogen and oxygen atoms in total. The van der Waals surface area contributed by atoms with Crippen molar-refractivity contribution in [2.45, 2.75) is 25.4 Å². The van der Waals surface area contributed by atoms with Gasteiger partial charge in [-0.15, -0.1) is 0 Å². The van der Waals surface area contributed by atoms with E-state index >= 15 is 0 Å². The SMILES string of the molecule is Cc1ccc(CC(N)C2CN3CCN2CC3)cc1. The van der Waals surface area contributed by atoms with Crippen LogP contribution in [0.1, 0.15) is 11.1 Å². The maximum absolute atomic E-state index is 6.44. The van der Waals surface area contributed by atoms with Gasteiger partial charge < -0.3 is 5.73 Å². The number of aryl methyl sites for hydroxylation is 1. The fourth-order valence-electron chi connectivity index (χ4n) is 3.20. The van der Waals surface area contributed by atoms with Gasteiger partial charge in [0.25, 0.3) is 0 Å². The molecule has 3 heteroatoms. The number of nitrogens with zero attached hydrogens (tertiary/aromatic N) is 2. The van der Waals surface area contributed by atoms with Crippen molar-refractivity contribution in [2.24, 2.45) is 5.73 Å². The normalized spacial score (nSPS) is 32.4. The third-order valence-corrected chi connectivity index (χ3v) is 4.41. The van der Waals surface area contributed by atoms with Crippen LogP contribution in [0.5, 0.6) is 0 Å². The van der Waals surface area contributed by atoms with Crippen LogP contribution < -0.4 is 5.73 Å². The summed E-state index contributed by atoms with van der Waals surface area (Å²) in [5, 5.41) is 0. The van der Waals surface area contributed by atoms with E-state index in [4.69, 9.17) is 5.73 Å². The highest BCUT2D eigenvalue weighted by Gasteiger charge is 2.35. The molecule has 2 bridgehead atoms. The molecular formula is C15H23N3. The van der Waals surface area contributed by atoms with E-state index in [0.29, 0.717) is 6.04 Å². The molecule has 0 aliphatic carbocycles. The summed E-state index contributed by atoms with van der Waals surface area (Å²) in [5.74, 6) is 0. The standard InChI is InChI=1S/C15H23N3/c1-12-2-4-13(5-3-12)10-14(16)15-11-17-6-8-18(15)9-7-17/h2-5,14-15H,6-11,16H2,1H3. The Hall–Kier alpha value is -0.900. The molecule has 3 heterocycles. The molecule has 18 heavy (non-hydrogen) atoms. The van der Waals surface area contributed by atoms with Gasteiger partial charge in [0.2, 0.25) is 0 Å². The van der Waals surface area contributed by atoms with Crippen molar-refractivity contribution in [2.75, 3.05) is 32.7 Å². The van der Waals surface area contributed by atoms with Gasteiger partial charge >= 0.3 is 0 Å². The zero-order valence-corrected chi connectivity index (χ0v) is 11.2. The number of fused-ring (bicyclic) bond motifs is 3. The lowest BCUT2D eigenvalue weighted by molar-refractivity contribution is 0.00258. The predicted octanol–water partition coefficient (Wildman–Crippen LogP) is 0.865. The Bertz CT molecular complexity index is 393. The lowest BCUT2D eigenvalue weighted by Gasteiger charge is -2.49. The second-order valence-corrected chi connectivity index (χ2v) is 5.76. The van der Waals surface area contributed by atoms with Gasteiger partial charge in [-0.25, -0.2) is 0 Å². The van der Waals surface area contributed by atoms with Crippen LogP contribution in [0.15, 0.2) is 24.3 Å². The van der Waals surface area contributed by atoms with Crippen LogP contribution in [0, 0.1) is 6.92 Å². The first-order chi connectivity index (χ1) is 8.72. The van der Waals surface area contributed by atoms with Crippen LogP contribution in [-0.4, -0.2) is 54.6 Å². The number of benzene rings is 1. The van der Waals surface area contributed by atoms with Crippen molar-refractivity contribution in [1.82, 2.24) is 9.80 Å². The van der Waals surface area contributed by atoms with E-state index in [2.05, 4.69) is 41.0 Å². The maximum atomic E-state index is 6.44. The minimum absolute atomic E-state index is 0.260. The van der Waals surface area contributed by atoms with E-state index in [1.54, 1.807) is 0 Å². The van der Waals surface area contributed by atoms with Gasteiger partial charge in [0.05, 0.1) is 0 Å². The van der Waals surface area contributed by atoms with Crippen molar-refractivity contribution in [3.63, 3.8) is 0 Å². The van der Waals surface area contributed by atoms with Gasteiger partial charge in [-0.1, -0.05) is 29.8 Å². The highest BCUT2D eigenvalue weighted by atomic mass is 15.3. The molecule has 3 aliphatic rings. The molecule has 4 rings (SSSR count). The molecule has 3 saturated heterocycles. The summed E-state index contributed by atoms with van der Waals surface area (Å²) in [7, 11) is 0. The first-order valence-corrected chi connectivity index (χ1v) is 7.00. The van der Waals surface area contributed by atoms with Gasteiger partial charge in [0.1, 0.15) is 0 Å².